The van der Waals surface area contributed by atoms with Gasteiger partial charge in [-0.1, -0.05) is 30.5 Å². The lowest BCUT2D eigenvalue weighted by Crippen LogP contribution is -2.16. The topological polar surface area (TPSA) is 103 Å². The lowest BCUT2D eigenvalue weighted by Gasteiger charge is -2.18. The summed E-state index contributed by atoms with van der Waals surface area (Å²) in [5.41, 5.74) is 10.3. The number of halogens is 1. The van der Waals surface area contributed by atoms with E-state index < -0.39 is 0 Å². The molecule has 3 N–H and O–H groups in total. The Morgan fingerprint density at radius 3 is 2.74 bits per heavy atom. The Morgan fingerprint density at radius 1 is 1.09 bits per heavy atom. The first-order valence-electron chi connectivity index (χ1n) is 11.8. The molecule has 1 saturated carbocycles. The van der Waals surface area contributed by atoms with Gasteiger partial charge in [0, 0.05) is 23.3 Å². The Kier molecular flexibility index (Phi) is 6.35. The highest BCUT2D eigenvalue weighted by molar-refractivity contribution is 5.93. The maximum atomic E-state index is 13.8. The number of pyridine rings is 1. The van der Waals surface area contributed by atoms with Crippen LogP contribution in [0.2, 0.25) is 0 Å². The third-order valence-corrected chi connectivity index (χ3v) is 6.41. The van der Waals surface area contributed by atoms with E-state index in [1.54, 1.807) is 16.9 Å². The van der Waals surface area contributed by atoms with E-state index in [1.165, 1.54) is 43.7 Å². The van der Waals surface area contributed by atoms with Gasteiger partial charge in [0.05, 0.1) is 24.6 Å². The summed E-state index contributed by atoms with van der Waals surface area (Å²) < 4.78 is 17.5. The van der Waals surface area contributed by atoms with Crippen molar-refractivity contribution in [2.75, 3.05) is 6.54 Å². The van der Waals surface area contributed by atoms with Crippen molar-refractivity contribution < 1.29 is 4.39 Å². The van der Waals surface area contributed by atoms with Gasteiger partial charge in [-0.3, -0.25) is 5.10 Å². The van der Waals surface area contributed by atoms with Gasteiger partial charge in [-0.25, -0.2) is 14.1 Å². The fourth-order valence-electron chi connectivity index (χ4n) is 4.55. The molecule has 34 heavy (non-hydrogen) atoms. The zero-order valence-electron chi connectivity index (χ0n) is 19.3. The van der Waals surface area contributed by atoms with Crippen molar-refractivity contribution in [3.8, 4) is 11.3 Å². The fourth-order valence-corrected chi connectivity index (χ4v) is 4.55. The number of imidazole rings is 1. The van der Waals surface area contributed by atoms with Crippen molar-refractivity contribution >= 4 is 16.6 Å². The van der Waals surface area contributed by atoms with E-state index in [1.807, 2.05) is 42.0 Å². The van der Waals surface area contributed by atoms with Crippen LogP contribution >= 0.6 is 0 Å². The molecule has 0 spiro atoms. The van der Waals surface area contributed by atoms with Crippen LogP contribution in [0.15, 0.2) is 49.1 Å². The van der Waals surface area contributed by atoms with Gasteiger partial charge in [-0.05, 0) is 56.0 Å². The number of rotatable bonds is 4. The third kappa shape index (κ3) is 4.70. The zero-order valence-corrected chi connectivity index (χ0v) is 19.3. The minimum atomic E-state index is -0.339. The Bertz CT molecular complexity index is 1390. The monoisotopic (exact) mass is 460 g/mol. The molecule has 4 aromatic heterocycles. The number of H-pyrrole nitrogens is 1. The highest BCUT2D eigenvalue weighted by Gasteiger charge is 2.13. The number of nitrogens with one attached hydrogen (secondary N) is 1. The number of hydrogen-bond acceptors (Lipinski definition) is 5. The molecular weight excluding hydrogens is 431 g/mol. The molecule has 8 nitrogen and oxygen atoms in total. The number of fused-ring (bicyclic) bond motifs is 2. The van der Waals surface area contributed by atoms with E-state index in [4.69, 9.17) is 5.73 Å². The fraction of sp³-hybridized carbons (Fsp3) is 0.360. The zero-order chi connectivity index (χ0) is 23.5. The van der Waals surface area contributed by atoms with Gasteiger partial charge in [0.2, 0.25) is 0 Å². The molecule has 1 aliphatic carbocycles. The molecule has 9 heteroatoms. The van der Waals surface area contributed by atoms with Crippen LogP contribution in [-0.2, 0) is 6.54 Å². The maximum absolute atomic E-state index is 13.8. The number of aryl methyl sites for hydroxylation is 1. The predicted molar refractivity (Wildman–Crippen MR) is 130 cm³/mol. The van der Waals surface area contributed by atoms with E-state index in [0.717, 1.165) is 29.4 Å². The molecule has 0 atom stereocenters. The van der Waals surface area contributed by atoms with Gasteiger partial charge in [0.15, 0.2) is 0 Å². The highest BCUT2D eigenvalue weighted by Crippen LogP contribution is 2.27. The van der Waals surface area contributed by atoms with Crippen molar-refractivity contribution in [1.82, 2.24) is 34.6 Å². The second-order valence-electron chi connectivity index (χ2n) is 9.00. The minimum Gasteiger partial charge on any atom is -0.330 e. The first kappa shape index (κ1) is 22.2. The molecule has 0 bridgehead atoms. The van der Waals surface area contributed by atoms with E-state index in [9.17, 15) is 4.39 Å². The summed E-state index contributed by atoms with van der Waals surface area (Å²) in [5, 5.41) is 15.7. The highest BCUT2D eigenvalue weighted by atomic mass is 19.1. The molecular formula is C25H29FN8. The Balaban J connectivity index is 0.000000257. The van der Waals surface area contributed by atoms with Crippen LogP contribution in [0.25, 0.3) is 27.8 Å². The van der Waals surface area contributed by atoms with Gasteiger partial charge in [0.1, 0.15) is 22.7 Å². The first-order chi connectivity index (χ1) is 16.6. The van der Waals surface area contributed by atoms with Gasteiger partial charge in [-0.15, -0.1) is 5.10 Å². The smallest absolute Gasteiger partial charge is 0.148 e. The number of aromatic amines is 1. The summed E-state index contributed by atoms with van der Waals surface area (Å²) >= 11 is 0. The van der Waals surface area contributed by atoms with Crippen LogP contribution in [0.1, 0.15) is 43.4 Å². The van der Waals surface area contributed by atoms with Crippen LogP contribution in [0, 0.1) is 18.7 Å². The molecule has 1 fully saturated rings. The summed E-state index contributed by atoms with van der Waals surface area (Å²) in [4.78, 5) is 4.59. The van der Waals surface area contributed by atoms with Crippen molar-refractivity contribution in [2.24, 2.45) is 11.7 Å². The predicted octanol–water partition coefficient (Wildman–Crippen LogP) is 4.49. The molecule has 6 rings (SSSR count). The van der Waals surface area contributed by atoms with Gasteiger partial charge in [-0.2, -0.15) is 5.10 Å². The van der Waals surface area contributed by atoms with Crippen molar-refractivity contribution in [1.29, 1.82) is 0 Å². The van der Waals surface area contributed by atoms with E-state index >= 15 is 0 Å². The Morgan fingerprint density at radius 2 is 1.94 bits per heavy atom. The molecule has 4 heterocycles. The van der Waals surface area contributed by atoms with Crippen molar-refractivity contribution in [2.45, 2.75) is 45.6 Å². The normalized spacial score (nSPS) is 14.4. The van der Waals surface area contributed by atoms with Gasteiger partial charge >= 0.3 is 0 Å². The van der Waals surface area contributed by atoms with Crippen LogP contribution < -0.4 is 5.73 Å². The lowest BCUT2D eigenvalue weighted by molar-refractivity contribution is 0.366. The summed E-state index contributed by atoms with van der Waals surface area (Å²) in [6.45, 7) is 3.46. The molecule has 0 aliphatic heterocycles. The number of nitrogens with two attached hydrogens (primary N) is 1. The van der Waals surface area contributed by atoms with Gasteiger partial charge < -0.3 is 10.1 Å². The van der Waals surface area contributed by atoms with Crippen molar-refractivity contribution in [3.05, 3.63) is 66.1 Å². The molecule has 0 unspecified atom stereocenters. The molecule has 1 aromatic carbocycles. The number of benzene rings is 1. The number of aromatic nitrogens is 7. The van der Waals surface area contributed by atoms with Crippen LogP contribution in [0.4, 0.5) is 4.39 Å². The quantitative estimate of drug-likeness (QED) is 0.411. The second-order valence-corrected chi connectivity index (χ2v) is 9.00. The van der Waals surface area contributed by atoms with Gasteiger partial charge in [0.25, 0.3) is 0 Å². The Labute approximate surface area is 197 Å². The molecule has 5 aromatic rings. The summed E-state index contributed by atoms with van der Waals surface area (Å²) in [6.07, 6.45) is 14.5. The molecule has 0 amide bonds. The summed E-state index contributed by atoms with van der Waals surface area (Å²) in [6, 6.07) is 7.11. The van der Waals surface area contributed by atoms with E-state index in [-0.39, 0.29) is 5.82 Å². The maximum Gasteiger partial charge on any atom is 0.148 e. The Hall–Kier alpha value is -3.59. The standard InChI is InChI=1S/C18H14FN7.C7H15N/c1-11-2-5-17-21-12(8-25(17)7-11)9-26-10-16(22-24-26)13-3-4-15(19)18-14(13)6-20-23-18;8-6-7-4-2-1-3-5-7/h2-8,10H,9H2,1H3,(H,20,23);7H,1-6,8H2. The number of nitrogens with zero attached hydrogens (tertiary/aromatic N) is 6. The lowest BCUT2D eigenvalue weighted by atomic mass is 9.90. The third-order valence-electron chi connectivity index (χ3n) is 6.41. The first-order valence-corrected chi connectivity index (χ1v) is 11.8. The summed E-state index contributed by atoms with van der Waals surface area (Å²) in [7, 11) is 0. The molecule has 1 aliphatic rings. The average molecular weight is 461 g/mol. The van der Waals surface area contributed by atoms with Crippen molar-refractivity contribution in [3.63, 3.8) is 0 Å². The SMILES string of the molecule is Cc1ccc2nc(Cn3cc(-c4ccc(F)c5[nH]ncc45)nn3)cn2c1.NCC1CCCCC1. The molecule has 0 radical (unpaired) electrons. The average Bonchev–Trinajstić information content (AvgIpc) is 3.60. The molecule has 176 valence electrons. The van der Waals surface area contributed by atoms with E-state index in [0.29, 0.717) is 23.1 Å². The minimum absolute atomic E-state index is 0.339. The van der Waals surface area contributed by atoms with E-state index in [2.05, 4.69) is 25.5 Å². The largest absolute Gasteiger partial charge is 0.330 e. The second kappa shape index (κ2) is 9.72. The van der Waals surface area contributed by atoms with Crippen LogP contribution in [0.5, 0.6) is 0 Å². The van der Waals surface area contributed by atoms with Crippen LogP contribution in [0.3, 0.4) is 0 Å². The summed E-state index contributed by atoms with van der Waals surface area (Å²) in [5.74, 6) is 0.525. The molecule has 0 saturated heterocycles. The van der Waals surface area contributed by atoms with Crippen LogP contribution in [-0.4, -0.2) is 41.1 Å². The number of hydrogen-bond donors (Lipinski definition) is 2.